The largest absolute Gasteiger partial charge is 0.472 e. The van der Waals surface area contributed by atoms with Crippen molar-refractivity contribution in [2.75, 3.05) is 13.2 Å². The number of aliphatic hydroxyl groups is 4. The van der Waals surface area contributed by atoms with Crippen LogP contribution in [0.1, 0.15) is 6.92 Å². The van der Waals surface area contributed by atoms with Crippen molar-refractivity contribution in [1.29, 1.82) is 0 Å². The smallest absolute Gasteiger partial charge is 0.313 e. The maximum absolute atomic E-state index is 11.9. The zero-order chi connectivity index (χ0) is 17.4. The minimum Gasteiger partial charge on any atom is -0.472 e. The van der Waals surface area contributed by atoms with E-state index >= 15 is 0 Å². The van der Waals surface area contributed by atoms with Gasteiger partial charge in [-0.25, -0.2) is 0 Å². The highest BCUT2D eigenvalue weighted by molar-refractivity contribution is 5.75. The van der Waals surface area contributed by atoms with Gasteiger partial charge in [0.05, 0.1) is 25.4 Å². The van der Waals surface area contributed by atoms with E-state index in [0.717, 1.165) is 0 Å². The maximum atomic E-state index is 11.9. The summed E-state index contributed by atoms with van der Waals surface area (Å²) < 4.78 is 21.5. The third kappa shape index (κ3) is 3.03. The second-order valence-corrected chi connectivity index (χ2v) is 6.38. The molecule has 0 aromatic heterocycles. The number of rotatable bonds is 3. The average molecular weight is 346 g/mol. The predicted octanol–water partition coefficient (Wildman–Crippen LogP) is -1.90. The number of esters is 1. The molecule has 136 valence electrons. The molecule has 9 nitrogen and oxygen atoms in total. The second kappa shape index (κ2) is 6.95. The fourth-order valence-electron chi connectivity index (χ4n) is 3.31. The van der Waals surface area contributed by atoms with E-state index in [-0.39, 0.29) is 24.4 Å². The van der Waals surface area contributed by atoms with Gasteiger partial charge in [0.15, 0.2) is 6.29 Å². The molecule has 0 aromatic carbocycles. The van der Waals surface area contributed by atoms with Gasteiger partial charge in [-0.2, -0.15) is 0 Å². The number of fused-ring (bicyclic) bond motifs is 1. The molecule has 4 N–H and O–H groups in total. The zero-order valence-corrected chi connectivity index (χ0v) is 13.1. The zero-order valence-electron chi connectivity index (χ0n) is 13.1. The molecule has 0 amide bonds. The summed E-state index contributed by atoms with van der Waals surface area (Å²) in [4.78, 5) is 11.9. The number of carbonyl (C=O) groups excluding carboxylic acids is 1. The first-order chi connectivity index (χ1) is 11.4. The molecular formula is C15H22O9. The summed E-state index contributed by atoms with van der Waals surface area (Å²) in [7, 11) is 0. The second-order valence-electron chi connectivity index (χ2n) is 6.38. The van der Waals surface area contributed by atoms with Gasteiger partial charge in [0.1, 0.15) is 24.4 Å². The standard InChI is InChI=1S/C15H22O9/c1-6-5-22-13(20)7-2-3-21-14(9(6)7)24-15-12(19)11(18)10(17)8(4-16)23-15/h2-3,6-12,14-19H,4-5H2,1H3/t6-,7+,8+,9+,10+,11-,12+,14-,15-/m0/s1. The first-order valence-electron chi connectivity index (χ1n) is 7.88. The van der Waals surface area contributed by atoms with Crippen molar-refractivity contribution in [3.8, 4) is 0 Å². The van der Waals surface area contributed by atoms with Gasteiger partial charge in [0.25, 0.3) is 0 Å². The predicted molar refractivity (Wildman–Crippen MR) is 76.0 cm³/mol. The average Bonchev–Trinajstić information content (AvgIpc) is 2.58. The normalized spacial score (nSPS) is 48.4. The Morgan fingerprint density at radius 1 is 1.21 bits per heavy atom. The van der Waals surface area contributed by atoms with Crippen LogP contribution in [0, 0.1) is 17.8 Å². The number of cyclic esters (lactones) is 1. The summed E-state index contributed by atoms with van der Waals surface area (Å²) in [6.07, 6.45) is -4.89. The molecule has 3 aliphatic rings. The van der Waals surface area contributed by atoms with Gasteiger partial charge >= 0.3 is 5.97 Å². The molecule has 2 saturated heterocycles. The molecule has 3 heterocycles. The highest BCUT2D eigenvalue weighted by atomic mass is 16.8. The van der Waals surface area contributed by atoms with Crippen molar-refractivity contribution < 1.29 is 44.2 Å². The summed E-state index contributed by atoms with van der Waals surface area (Å²) in [5.41, 5.74) is 0. The molecule has 0 radical (unpaired) electrons. The molecule has 0 aliphatic carbocycles. The molecule has 9 atom stereocenters. The van der Waals surface area contributed by atoms with Gasteiger partial charge in [0.2, 0.25) is 6.29 Å². The van der Waals surface area contributed by atoms with E-state index in [1.165, 1.54) is 6.26 Å². The lowest BCUT2D eigenvalue weighted by Gasteiger charge is -2.44. The van der Waals surface area contributed by atoms with E-state index < -0.39 is 49.5 Å². The summed E-state index contributed by atoms with van der Waals surface area (Å²) in [6.45, 7) is 1.56. The number of hydrogen-bond donors (Lipinski definition) is 4. The minimum atomic E-state index is -1.54. The van der Waals surface area contributed by atoms with Gasteiger partial charge in [-0.15, -0.1) is 0 Å². The molecule has 0 bridgehead atoms. The van der Waals surface area contributed by atoms with Crippen LogP contribution in [0.15, 0.2) is 12.3 Å². The van der Waals surface area contributed by atoms with Gasteiger partial charge < -0.3 is 39.4 Å². The number of aliphatic hydroxyl groups excluding tert-OH is 4. The van der Waals surface area contributed by atoms with E-state index in [9.17, 15) is 25.2 Å². The van der Waals surface area contributed by atoms with Crippen LogP contribution >= 0.6 is 0 Å². The summed E-state index contributed by atoms with van der Waals surface area (Å²) in [6, 6.07) is 0. The van der Waals surface area contributed by atoms with E-state index in [1.807, 2.05) is 6.92 Å². The van der Waals surface area contributed by atoms with Crippen molar-refractivity contribution in [3.05, 3.63) is 12.3 Å². The molecule has 0 aromatic rings. The fraction of sp³-hybridized carbons (Fsp3) is 0.800. The molecule has 3 aliphatic heterocycles. The van der Waals surface area contributed by atoms with Crippen LogP contribution in [0.2, 0.25) is 0 Å². The minimum absolute atomic E-state index is 0.0486. The lowest BCUT2D eigenvalue weighted by atomic mass is 9.79. The van der Waals surface area contributed by atoms with Crippen molar-refractivity contribution in [3.63, 3.8) is 0 Å². The van der Waals surface area contributed by atoms with Crippen molar-refractivity contribution in [1.82, 2.24) is 0 Å². The summed E-state index contributed by atoms with van der Waals surface area (Å²) in [5.74, 6) is -1.30. The number of ether oxygens (including phenoxy) is 4. The van der Waals surface area contributed by atoms with Crippen LogP contribution in [-0.4, -0.2) is 76.6 Å². The van der Waals surface area contributed by atoms with Crippen LogP contribution in [0.4, 0.5) is 0 Å². The Kier molecular flexibility index (Phi) is 5.09. The quantitative estimate of drug-likeness (QED) is 0.432. The van der Waals surface area contributed by atoms with Crippen LogP contribution < -0.4 is 0 Å². The first kappa shape index (κ1) is 17.6. The first-order valence-corrected chi connectivity index (χ1v) is 7.88. The van der Waals surface area contributed by atoms with E-state index in [0.29, 0.717) is 0 Å². The molecule has 0 saturated carbocycles. The van der Waals surface area contributed by atoms with Crippen LogP contribution in [-0.2, 0) is 23.7 Å². The Labute approximate surface area is 138 Å². The Balaban J connectivity index is 1.74. The van der Waals surface area contributed by atoms with Crippen molar-refractivity contribution in [2.24, 2.45) is 17.8 Å². The van der Waals surface area contributed by atoms with Crippen LogP contribution in [0.5, 0.6) is 0 Å². The van der Waals surface area contributed by atoms with Crippen LogP contribution in [0.3, 0.4) is 0 Å². The third-order valence-electron chi connectivity index (χ3n) is 4.76. The highest BCUT2D eigenvalue weighted by Gasteiger charge is 2.49. The van der Waals surface area contributed by atoms with E-state index in [4.69, 9.17) is 18.9 Å². The molecule has 24 heavy (non-hydrogen) atoms. The summed E-state index contributed by atoms with van der Waals surface area (Å²) in [5, 5.41) is 38.9. The lowest BCUT2D eigenvalue weighted by Crippen LogP contribution is -2.60. The molecule has 9 heteroatoms. The molecule has 0 spiro atoms. The lowest BCUT2D eigenvalue weighted by molar-refractivity contribution is -0.344. The number of carbonyl (C=O) groups is 1. The fourth-order valence-corrected chi connectivity index (χ4v) is 3.31. The highest BCUT2D eigenvalue weighted by Crippen LogP contribution is 2.38. The van der Waals surface area contributed by atoms with Gasteiger partial charge in [0, 0.05) is 11.8 Å². The Morgan fingerprint density at radius 2 is 1.96 bits per heavy atom. The SMILES string of the molecule is C[C@H]1COC(=O)[C@@H]2C=CO[C@@H](O[C@@H]3O[C@H](CO)[C@@H](O)[C@H](O)[C@H]3O)[C@H]12. The van der Waals surface area contributed by atoms with E-state index in [2.05, 4.69) is 0 Å². The van der Waals surface area contributed by atoms with Crippen molar-refractivity contribution >= 4 is 5.97 Å². The Hall–Kier alpha value is -1.23. The van der Waals surface area contributed by atoms with Crippen LogP contribution in [0.25, 0.3) is 0 Å². The monoisotopic (exact) mass is 346 g/mol. The van der Waals surface area contributed by atoms with Gasteiger partial charge in [-0.1, -0.05) is 6.92 Å². The molecule has 0 unspecified atom stereocenters. The van der Waals surface area contributed by atoms with Gasteiger partial charge in [-0.05, 0) is 6.08 Å². The van der Waals surface area contributed by atoms with Gasteiger partial charge in [-0.3, -0.25) is 4.79 Å². The molecule has 2 fully saturated rings. The van der Waals surface area contributed by atoms with E-state index in [1.54, 1.807) is 6.08 Å². The number of hydrogen-bond acceptors (Lipinski definition) is 9. The Morgan fingerprint density at radius 3 is 2.67 bits per heavy atom. The topological polar surface area (TPSA) is 135 Å². The molecule has 3 rings (SSSR count). The molecular weight excluding hydrogens is 324 g/mol. The summed E-state index contributed by atoms with van der Waals surface area (Å²) >= 11 is 0. The maximum Gasteiger partial charge on any atom is 0.313 e. The van der Waals surface area contributed by atoms with Crippen molar-refractivity contribution in [2.45, 2.75) is 43.9 Å². The Bertz CT molecular complexity index is 493. The third-order valence-corrected chi connectivity index (χ3v) is 4.76.